The van der Waals surface area contributed by atoms with E-state index in [0.717, 1.165) is 19.6 Å². The SMILES string of the molecule is CCC(=O)NC[C@@H]1CCNC1. The lowest BCUT2D eigenvalue weighted by atomic mass is 10.1. The molecule has 0 aromatic heterocycles. The third-order valence-electron chi connectivity index (χ3n) is 2.07. The maximum Gasteiger partial charge on any atom is 0.219 e. The van der Waals surface area contributed by atoms with E-state index >= 15 is 0 Å². The average molecular weight is 156 g/mol. The first kappa shape index (κ1) is 8.53. The van der Waals surface area contributed by atoms with E-state index in [1.54, 1.807) is 0 Å². The van der Waals surface area contributed by atoms with Gasteiger partial charge in [-0.05, 0) is 25.4 Å². The fraction of sp³-hybridized carbons (Fsp3) is 0.875. The van der Waals surface area contributed by atoms with Crippen LogP contribution < -0.4 is 10.6 Å². The Morgan fingerprint density at radius 1 is 1.73 bits per heavy atom. The number of nitrogens with one attached hydrogen (secondary N) is 2. The van der Waals surface area contributed by atoms with Gasteiger partial charge in [0, 0.05) is 13.0 Å². The van der Waals surface area contributed by atoms with Crippen LogP contribution in [0.25, 0.3) is 0 Å². The van der Waals surface area contributed by atoms with Gasteiger partial charge in [-0.25, -0.2) is 0 Å². The van der Waals surface area contributed by atoms with E-state index in [2.05, 4.69) is 10.6 Å². The predicted octanol–water partition coefficient (Wildman–Crippen LogP) is 0.122. The van der Waals surface area contributed by atoms with E-state index in [1.807, 2.05) is 6.92 Å². The van der Waals surface area contributed by atoms with E-state index in [-0.39, 0.29) is 5.91 Å². The molecular formula is C8H16N2O. The lowest BCUT2D eigenvalue weighted by Gasteiger charge is -2.08. The van der Waals surface area contributed by atoms with Gasteiger partial charge in [-0.2, -0.15) is 0 Å². The highest BCUT2D eigenvalue weighted by Gasteiger charge is 2.14. The second-order valence-corrected chi connectivity index (χ2v) is 3.02. The van der Waals surface area contributed by atoms with Gasteiger partial charge in [0.05, 0.1) is 0 Å². The van der Waals surface area contributed by atoms with Crippen molar-refractivity contribution in [3.05, 3.63) is 0 Å². The van der Waals surface area contributed by atoms with Gasteiger partial charge in [-0.15, -0.1) is 0 Å². The van der Waals surface area contributed by atoms with Gasteiger partial charge in [0.1, 0.15) is 0 Å². The van der Waals surface area contributed by atoms with Crippen LogP contribution in [0.1, 0.15) is 19.8 Å². The molecule has 1 aliphatic rings. The summed E-state index contributed by atoms with van der Waals surface area (Å²) in [4.78, 5) is 10.8. The number of hydrogen-bond acceptors (Lipinski definition) is 2. The van der Waals surface area contributed by atoms with Crippen molar-refractivity contribution >= 4 is 5.91 Å². The van der Waals surface area contributed by atoms with Crippen molar-refractivity contribution in [3.63, 3.8) is 0 Å². The Bertz CT molecular complexity index is 130. The van der Waals surface area contributed by atoms with E-state index < -0.39 is 0 Å². The lowest BCUT2D eigenvalue weighted by molar-refractivity contribution is -0.120. The molecular weight excluding hydrogens is 140 g/mol. The van der Waals surface area contributed by atoms with Crippen LogP contribution in [0.5, 0.6) is 0 Å². The molecule has 1 amide bonds. The molecule has 1 atom stereocenters. The zero-order valence-corrected chi connectivity index (χ0v) is 7.02. The second kappa shape index (κ2) is 4.34. The number of carbonyl (C=O) groups excluding carboxylic acids is 1. The summed E-state index contributed by atoms with van der Waals surface area (Å²) in [5.74, 6) is 0.822. The van der Waals surface area contributed by atoms with Crippen molar-refractivity contribution in [2.45, 2.75) is 19.8 Å². The lowest BCUT2D eigenvalue weighted by Crippen LogP contribution is -2.29. The van der Waals surface area contributed by atoms with Crippen LogP contribution in [0.4, 0.5) is 0 Å². The number of carbonyl (C=O) groups is 1. The Hall–Kier alpha value is -0.570. The molecule has 1 heterocycles. The first-order valence-electron chi connectivity index (χ1n) is 4.30. The Kier molecular flexibility index (Phi) is 3.36. The number of rotatable bonds is 3. The summed E-state index contributed by atoms with van der Waals surface area (Å²) in [5.41, 5.74) is 0. The molecule has 0 aromatic carbocycles. The fourth-order valence-corrected chi connectivity index (χ4v) is 1.27. The van der Waals surface area contributed by atoms with Crippen molar-refractivity contribution in [1.82, 2.24) is 10.6 Å². The Labute approximate surface area is 67.5 Å². The maximum absolute atomic E-state index is 10.8. The molecule has 0 spiro atoms. The minimum Gasteiger partial charge on any atom is -0.356 e. The third kappa shape index (κ3) is 2.89. The smallest absolute Gasteiger partial charge is 0.219 e. The largest absolute Gasteiger partial charge is 0.356 e. The van der Waals surface area contributed by atoms with Crippen molar-refractivity contribution in [1.29, 1.82) is 0 Å². The monoisotopic (exact) mass is 156 g/mol. The Balaban J connectivity index is 2.06. The van der Waals surface area contributed by atoms with Crippen molar-refractivity contribution in [3.8, 4) is 0 Å². The van der Waals surface area contributed by atoms with E-state index in [4.69, 9.17) is 0 Å². The van der Waals surface area contributed by atoms with Crippen molar-refractivity contribution in [2.24, 2.45) is 5.92 Å². The predicted molar refractivity (Wildman–Crippen MR) is 44.3 cm³/mol. The van der Waals surface area contributed by atoms with Crippen LogP contribution in [0.2, 0.25) is 0 Å². The van der Waals surface area contributed by atoms with Crippen molar-refractivity contribution < 1.29 is 4.79 Å². The Morgan fingerprint density at radius 3 is 3.09 bits per heavy atom. The first-order chi connectivity index (χ1) is 5.33. The average Bonchev–Trinajstić information content (AvgIpc) is 2.52. The minimum absolute atomic E-state index is 0.164. The van der Waals surface area contributed by atoms with Crippen LogP contribution in [-0.2, 0) is 4.79 Å². The normalized spacial score (nSPS) is 23.5. The van der Waals surface area contributed by atoms with Crippen LogP contribution >= 0.6 is 0 Å². The molecule has 1 aliphatic heterocycles. The standard InChI is InChI=1S/C8H16N2O/c1-2-8(11)10-6-7-3-4-9-5-7/h7,9H,2-6H2,1H3,(H,10,11)/t7-/m1/s1. The Morgan fingerprint density at radius 2 is 2.55 bits per heavy atom. The van der Waals surface area contributed by atoms with E-state index in [1.165, 1.54) is 6.42 Å². The molecule has 3 heteroatoms. The van der Waals surface area contributed by atoms with Crippen molar-refractivity contribution in [2.75, 3.05) is 19.6 Å². The fourth-order valence-electron chi connectivity index (χ4n) is 1.27. The number of amides is 1. The first-order valence-corrected chi connectivity index (χ1v) is 4.30. The molecule has 3 nitrogen and oxygen atoms in total. The molecule has 0 bridgehead atoms. The molecule has 0 radical (unpaired) electrons. The third-order valence-corrected chi connectivity index (χ3v) is 2.07. The van der Waals surface area contributed by atoms with Gasteiger partial charge >= 0.3 is 0 Å². The summed E-state index contributed by atoms with van der Waals surface area (Å²) < 4.78 is 0. The van der Waals surface area contributed by atoms with Gasteiger partial charge in [-0.3, -0.25) is 4.79 Å². The highest BCUT2D eigenvalue weighted by molar-refractivity contribution is 5.75. The molecule has 1 fully saturated rings. The summed E-state index contributed by atoms with van der Waals surface area (Å²) >= 11 is 0. The molecule has 1 rings (SSSR count). The highest BCUT2D eigenvalue weighted by Crippen LogP contribution is 2.04. The van der Waals surface area contributed by atoms with Crippen LogP contribution in [0.3, 0.4) is 0 Å². The van der Waals surface area contributed by atoms with Crippen LogP contribution in [-0.4, -0.2) is 25.5 Å². The molecule has 2 N–H and O–H groups in total. The van der Waals surface area contributed by atoms with Gasteiger partial charge in [0.25, 0.3) is 0 Å². The van der Waals surface area contributed by atoms with Gasteiger partial charge < -0.3 is 10.6 Å². The maximum atomic E-state index is 10.8. The second-order valence-electron chi connectivity index (χ2n) is 3.02. The molecule has 1 saturated heterocycles. The zero-order chi connectivity index (χ0) is 8.10. The molecule has 11 heavy (non-hydrogen) atoms. The minimum atomic E-state index is 0.164. The summed E-state index contributed by atoms with van der Waals surface area (Å²) in [6.07, 6.45) is 1.80. The van der Waals surface area contributed by atoms with Gasteiger partial charge in [0.2, 0.25) is 5.91 Å². The van der Waals surface area contributed by atoms with Crippen LogP contribution in [0, 0.1) is 5.92 Å². The summed E-state index contributed by atoms with van der Waals surface area (Å²) in [5, 5.41) is 6.16. The quantitative estimate of drug-likeness (QED) is 0.609. The van der Waals surface area contributed by atoms with E-state index in [9.17, 15) is 4.79 Å². The van der Waals surface area contributed by atoms with Gasteiger partial charge in [0.15, 0.2) is 0 Å². The van der Waals surface area contributed by atoms with E-state index in [0.29, 0.717) is 12.3 Å². The molecule has 0 aromatic rings. The molecule has 0 unspecified atom stereocenters. The summed E-state index contributed by atoms with van der Waals surface area (Å²) in [7, 11) is 0. The topological polar surface area (TPSA) is 41.1 Å². The number of hydrogen-bond donors (Lipinski definition) is 2. The van der Waals surface area contributed by atoms with Gasteiger partial charge in [-0.1, -0.05) is 6.92 Å². The summed E-state index contributed by atoms with van der Waals surface area (Å²) in [6, 6.07) is 0. The molecule has 0 aliphatic carbocycles. The molecule has 0 saturated carbocycles. The molecule has 64 valence electrons. The summed E-state index contributed by atoms with van der Waals surface area (Å²) in [6.45, 7) is 4.89. The highest BCUT2D eigenvalue weighted by atomic mass is 16.1. The van der Waals surface area contributed by atoms with Crippen LogP contribution in [0.15, 0.2) is 0 Å². The zero-order valence-electron chi connectivity index (χ0n) is 7.02.